The standard InChI is InChI=1S/C92H56BN3/c1-3-23-57(24-4-1)59-43-46-61(47-44-59)96-87-56-63(95-83-41-21-13-32-69(83)70-33-14-22-42-84(70)95)55-86-89(87)93(81-51-50-80-88(90(81)96)71-34-12-20-40-78(71)92(80)75-37-17-9-29-66(75)67-30-10-18-38-76(67)92)82-53-60(58-25-5-2-6-26-58)45-52-85(82)94(86)62-48-49-79-72(54-62)68-31-11-19-39-77(68)91(79)73-35-15-7-27-64(73)65-28-8-16-36-74(65)91/h1-56H. The molecule has 4 heteroatoms. The van der Waals surface area contributed by atoms with Crippen LogP contribution in [0.2, 0.25) is 0 Å². The van der Waals surface area contributed by atoms with Crippen LogP contribution in [0, 0.1) is 0 Å². The van der Waals surface area contributed by atoms with Crippen LogP contribution in [0.25, 0.3) is 94.3 Å². The molecule has 22 rings (SSSR count). The average Bonchev–Trinajstić information content (AvgIpc) is 1.50. The first-order valence-corrected chi connectivity index (χ1v) is 33.7. The third kappa shape index (κ3) is 6.58. The second-order valence-electron chi connectivity index (χ2n) is 26.9. The van der Waals surface area contributed by atoms with Crippen LogP contribution in [0.15, 0.2) is 340 Å². The maximum Gasteiger partial charge on any atom is 0.252 e. The highest BCUT2D eigenvalue weighted by molar-refractivity contribution is 7.00. The van der Waals surface area contributed by atoms with Gasteiger partial charge in [0.05, 0.1) is 27.6 Å². The number of aromatic nitrogens is 1. The smallest absolute Gasteiger partial charge is 0.252 e. The summed E-state index contributed by atoms with van der Waals surface area (Å²) in [6, 6.07) is 130. The van der Waals surface area contributed by atoms with Gasteiger partial charge in [0.25, 0.3) is 6.71 Å². The molecule has 0 N–H and O–H groups in total. The topological polar surface area (TPSA) is 11.4 Å². The van der Waals surface area contributed by atoms with Crippen LogP contribution in [0.5, 0.6) is 0 Å². The first-order valence-electron chi connectivity index (χ1n) is 33.7. The first kappa shape index (κ1) is 52.3. The molecule has 3 nitrogen and oxygen atoms in total. The normalized spacial score (nSPS) is 14.4. The fourth-order valence-corrected chi connectivity index (χ4v) is 19.0. The summed E-state index contributed by atoms with van der Waals surface area (Å²) in [6.45, 7) is -0.200. The van der Waals surface area contributed by atoms with Crippen molar-refractivity contribution in [2.45, 2.75) is 10.8 Å². The molecule has 4 aliphatic carbocycles. The van der Waals surface area contributed by atoms with Crippen LogP contribution in [0.1, 0.15) is 44.5 Å². The maximum atomic E-state index is 2.69. The van der Waals surface area contributed by atoms with Crippen LogP contribution >= 0.6 is 0 Å². The Hall–Kier alpha value is -12.2. The molecule has 442 valence electrons. The summed E-state index contributed by atoms with van der Waals surface area (Å²) in [7, 11) is 0. The van der Waals surface area contributed by atoms with Gasteiger partial charge in [0.15, 0.2) is 0 Å². The molecule has 0 radical (unpaired) electrons. The van der Waals surface area contributed by atoms with Crippen LogP contribution in [0.4, 0.5) is 34.1 Å². The number of benzene rings is 15. The molecule has 0 saturated carbocycles. The number of para-hydroxylation sites is 2. The minimum Gasteiger partial charge on any atom is -0.311 e. The zero-order chi connectivity index (χ0) is 62.5. The molecule has 0 amide bonds. The lowest BCUT2D eigenvalue weighted by Gasteiger charge is -2.45. The summed E-state index contributed by atoms with van der Waals surface area (Å²) >= 11 is 0. The number of hydrogen-bond acceptors (Lipinski definition) is 2. The predicted molar refractivity (Wildman–Crippen MR) is 398 cm³/mol. The van der Waals surface area contributed by atoms with E-state index in [1.54, 1.807) is 0 Å². The summed E-state index contributed by atoms with van der Waals surface area (Å²) in [5.41, 5.74) is 38.7. The van der Waals surface area contributed by atoms with Gasteiger partial charge in [-0.25, -0.2) is 0 Å². The second-order valence-corrected chi connectivity index (χ2v) is 26.9. The van der Waals surface area contributed by atoms with Crippen LogP contribution in [0.3, 0.4) is 0 Å². The van der Waals surface area contributed by atoms with Gasteiger partial charge in [-0.05, 0) is 177 Å². The number of hydrogen-bond donors (Lipinski definition) is 0. The highest BCUT2D eigenvalue weighted by atomic mass is 15.2. The van der Waals surface area contributed by atoms with Gasteiger partial charge >= 0.3 is 0 Å². The molecule has 0 fully saturated rings. The van der Waals surface area contributed by atoms with Gasteiger partial charge in [-0.3, -0.25) is 0 Å². The molecule has 96 heavy (non-hydrogen) atoms. The van der Waals surface area contributed by atoms with Crippen molar-refractivity contribution in [2.75, 3.05) is 9.80 Å². The number of fused-ring (bicyclic) bond motifs is 28. The monoisotopic (exact) mass is 1210 g/mol. The van der Waals surface area contributed by atoms with E-state index in [1.807, 2.05) is 0 Å². The lowest BCUT2D eigenvalue weighted by atomic mass is 9.33. The van der Waals surface area contributed by atoms with E-state index in [0.29, 0.717) is 0 Å². The molecular formula is C92H56BN3. The lowest BCUT2D eigenvalue weighted by molar-refractivity contribution is 0.794. The predicted octanol–water partition coefficient (Wildman–Crippen LogP) is 20.9. The van der Waals surface area contributed by atoms with Crippen molar-refractivity contribution in [1.29, 1.82) is 0 Å². The summed E-state index contributed by atoms with van der Waals surface area (Å²) in [6.07, 6.45) is 0. The zero-order valence-electron chi connectivity index (χ0n) is 52.3. The van der Waals surface area contributed by atoms with E-state index in [2.05, 4.69) is 354 Å². The van der Waals surface area contributed by atoms with E-state index in [4.69, 9.17) is 0 Å². The average molecular weight is 1210 g/mol. The van der Waals surface area contributed by atoms with E-state index < -0.39 is 10.8 Å². The van der Waals surface area contributed by atoms with Crippen molar-refractivity contribution in [3.05, 3.63) is 384 Å². The zero-order valence-corrected chi connectivity index (χ0v) is 52.3. The Balaban J connectivity index is 0.881. The summed E-state index contributed by atoms with van der Waals surface area (Å²) in [4.78, 5) is 5.34. The second kappa shape index (κ2) is 19.2. The van der Waals surface area contributed by atoms with E-state index in [1.165, 1.54) is 155 Å². The van der Waals surface area contributed by atoms with Gasteiger partial charge < -0.3 is 14.4 Å². The molecule has 0 atom stereocenters. The highest BCUT2D eigenvalue weighted by Gasteiger charge is 2.56. The molecule has 1 aromatic heterocycles. The molecule has 0 saturated heterocycles. The van der Waals surface area contributed by atoms with Crippen LogP contribution in [-0.4, -0.2) is 11.3 Å². The highest BCUT2D eigenvalue weighted by Crippen LogP contribution is 2.67. The SMILES string of the molecule is c1ccc(-c2ccc(N3c4cc(-n5c6ccccc6c6ccccc65)cc5c4B(c4cc(-c6ccccc6)ccc4N5c4ccc5c(c4)-c4ccccc4C54c5ccccc5-c5ccccc54)c4ccc5c(c43)-c3ccccc3C53c4ccccc4-c4ccccc43)cc2)cc1. The van der Waals surface area contributed by atoms with E-state index >= 15 is 0 Å². The van der Waals surface area contributed by atoms with Crippen LogP contribution in [-0.2, 0) is 10.8 Å². The first-order chi connectivity index (χ1) is 47.7. The maximum absolute atomic E-state index is 2.69. The lowest BCUT2D eigenvalue weighted by Crippen LogP contribution is -2.61. The molecule has 2 spiro atoms. The van der Waals surface area contributed by atoms with Gasteiger partial charge in [-0.15, -0.1) is 0 Å². The molecule has 6 aliphatic rings. The minimum atomic E-state index is -0.567. The van der Waals surface area contributed by atoms with Gasteiger partial charge in [-0.1, -0.05) is 285 Å². The minimum absolute atomic E-state index is 0.200. The Bertz CT molecular complexity index is 5910. The Labute approximate surface area is 557 Å². The number of nitrogens with zero attached hydrogens (tertiary/aromatic N) is 3. The molecule has 3 heterocycles. The van der Waals surface area contributed by atoms with Crippen molar-refractivity contribution in [2.24, 2.45) is 0 Å². The molecule has 0 unspecified atom stereocenters. The van der Waals surface area contributed by atoms with Gasteiger partial charge in [-0.2, -0.15) is 0 Å². The molecule has 0 bridgehead atoms. The molecular weight excluding hydrogens is 1160 g/mol. The summed E-state index contributed by atoms with van der Waals surface area (Å²) in [5.74, 6) is 0. The molecule has 16 aromatic rings. The van der Waals surface area contributed by atoms with Crippen molar-refractivity contribution in [3.63, 3.8) is 0 Å². The van der Waals surface area contributed by atoms with E-state index in [9.17, 15) is 0 Å². The van der Waals surface area contributed by atoms with Crippen LogP contribution < -0.4 is 26.2 Å². The fourth-order valence-electron chi connectivity index (χ4n) is 19.0. The van der Waals surface area contributed by atoms with Gasteiger partial charge in [0.2, 0.25) is 0 Å². The third-order valence-electron chi connectivity index (χ3n) is 22.6. The fraction of sp³-hybridized carbons (Fsp3) is 0.0217. The van der Waals surface area contributed by atoms with Crippen molar-refractivity contribution in [3.8, 4) is 72.4 Å². The third-order valence-corrected chi connectivity index (χ3v) is 22.6. The molecule has 15 aromatic carbocycles. The van der Waals surface area contributed by atoms with Crippen molar-refractivity contribution in [1.82, 2.24) is 4.57 Å². The quantitative estimate of drug-likeness (QED) is 0.159. The summed E-state index contributed by atoms with van der Waals surface area (Å²) < 4.78 is 2.54. The number of rotatable bonds is 5. The summed E-state index contributed by atoms with van der Waals surface area (Å²) in [5, 5.41) is 2.45. The number of anilines is 6. The Morgan fingerprint density at radius 2 is 0.646 bits per heavy atom. The largest absolute Gasteiger partial charge is 0.311 e. The Morgan fingerprint density at radius 3 is 1.21 bits per heavy atom. The van der Waals surface area contributed by atoms with E-state index in [-0.39, 0.29) is 6.71 Å². The van der Waals surface area contributed by atoms with Gasteiger partial charge in [0, 0.05) is 50.5 Å². The Kier molecular flexibility index (Phi) is 10.5. The van der Waals surface area contributed by atoms with Crippen molar-refractivity contribution >= 4 is 79.0 Å². The van der Waals surface area contributed by atoms with E-state index in [0.717, 1.165) is 34.1 Å². The van der Waals surface area contributed by atoms with Crippen molar-refractivity contribution < 1.29 is 0 Å². The molecule has 2 aliphatic heterocycles. The Morgan fingerprint density at radius 1 is 0.240 bits per heavy atom. The van der Waals surface area contributed by atoms with Gasteiger partial charge in [0.1, 0.15) is 0 Å².